The zero-order chi connectivity index (χ0) is 18.9. The zero-order valence-corrected chi connectivity index (χ0v) is 17.6. The van der Waals surface area contributed by atoms with Crippen molar-refractivity contribution in [3.05, 3.63) is 12.2 Å². The van der Waals surface area contributed by atoms with Crippen LogP contribution in [-0.4, -0.2) is 35.2 Å². The van der Waals surface area contributed by atoms with Crippen molar-refractivity contribution in [2.24, 2.45) is 4.99 Å². The average Bonchev–Trinajstić information content (AvgIpc) is 3.10. The van der Waals surface area contributed by atoms with Crippen LogP contribution in [-0.2, 0) is 0 Å². The first-order valence-corrected chi connectivity index (χ1v) is 11.4. The fourth-order valence-electron chi connectivity index (χ4n) is 3.66. The highest BCUT2D eigenvalue weighted by molar-refractivity contribution is 5.83. The van der Waals surface area contributed by atoms with Gasteiger partial charge in [-0.1, -0.05) is 76.9 Å². The summed E-state index contributed by atoms with van der Waals surface area (Å²) in [5.41, 5.74) is 0. The Kier molecular flexibility index (Phi) is 14.6. The lowest BCUT2D eigenvalue weighted by atomic mass is 10.1. The van der Waals surface area contributed by atoms with E-state index in [9.17, 15) is 5.11 Å². The molecule has 1 unspecified atom stereocenters. The molecule has 0 aliphatic carbocycles. The molecule has 0 radical (unpaired) electrons. The maximum absolute atomic E-state index is 9.70. The van der Waals surface area contributed by atoms with E-state index in [1.165, 1.54) is 89.9 Å². The van der Waals surface area contributed by atoms with Gasteiger partial charge in [0.15, 0.2) is 0 Å². The van der Waals surface area contributed by atoms with Gasteiger partial charge in [0.2, 0.25) is 0 Å². The molecule has 1 rings (SSSR count). The Balaban J connectivity index is 1.81. The summed E-state index contributed by atoms with van der Waals surface area (Å²) in [7, 11) is 0. The summed E-state index contributed by atoms with van der Waals surface area (Å²) in [4.78, 5) is 6.56. The van der Waals surface area contributed by atoms with Gasteiger partial charge in [-0.25, -0.2) is 0 Å². The molecule has 0 aromatic heterocycles. The summed E-state index contributed by atoms with van der Waals surface area (Å²) in [5.74, 6) is 1.12. The van der Waals surface area contributed by atoms with Crippen LogP contribution < -0.4 is 0 Å². The van der Waals surface area contributed by atoms with Crippen LogP contribution in [0, 0.1) is 0 Å². The first-order chi connectivity index (χ1) is 12.8. The standard InChI is InChI=1S/C23H44N2O/c1-3-4-5-6-7-8-9-10-11-12-13-14-15-16-17-18-19-23-24-20-21-25(23)22(2)26/h10-11,22,26H,3-9,12-21H2,1-2H3/b11-10+. The molecule has 3 nitrogen and oxygen atoms in total. The van der Waals surface area contributed by atoms with Crippen molar-refractivity contribution in [2.75, 3.05) is 13.1 Å². The molecule has 0 aromatic rings. The van der Waals surface area contributed by atoms with E-state index in [1.807, 2.05) is 11.8 Å². The SMILES string of the molecule is CCCCCCCC/C=C/CCCCCCCCC1=NCCN1C(C)O. The van der Waals surface area contributed by atoms with Crippen LogP contribution in [0.25, 0.3) is 0 Å². The predicted molar refractivity (Wildman–Crippen MR) is 115 cm³/mol. The Bertz CT molecular complexity index is 376. The van der Waals surface area contributed by atoms with Crippen molar-refractivity contribution in [3.63, 3.8) is 0 Å². The van der Waals surface area contributed by atoms with Gasteiger partial charge in [0.25, 0.3) is 0 Å². The first-order valence-electron chi connectivity index (χ1n) is 11.4. The van der Waals surface area contributed by atoms with Crippen LogP contribution >= 0.6 is 0 Å². The van der Waals surface area contributed by atoms with Gasteiger partial charge in [-0.3, -0.25) is 4.99 Å². The van der Waals surface area contributed by atoms with Crippen molar-refractivity contribution in [1.82, 2.24) is 4.90 Å². The Morgan fingerprint density at radius 3 is 2.00 bits per heavy atom. The number of unbranched alkanes of at least 4 members (excludes halogenated alkanes) is 12. The van der Waals surface area contributed by atoms with Crippen molar-refractivity contribution < 1.29 is 5.11 Å². The van der Waals surface area contributed by atoms with Crippen LogP contribution in [0.1, 0.15) is 110 Å². The number of aliphatic hydroxyl groups excluding tert-OH is 1. The smallest absolute Gasteiger partial charge is 0.125 e. The number of aliphatic hydroxyl groups is 1. The summed E-state index contributed by atoms with van der Waals surface area (Å²) < 4.78 is 0. The molecule has 1 atom stereocenters. The lowest BCUT2D eigenvalue weighted by molar-refractivity contribution is 0.0766. The molecule has 0 amide bonds. The summed E-state index contributed by atoms with van der Waals surface area (Å²) in [6.45, 7) is 5.86. The molecule has 0 aromatic carbocycles. The van der Waals surface area contributed by atoms with Gasteiger partial charge in [0, 0.05) is 13.0 Å². The Labute approximate surface area is 163 Å². The lowest BCUT2D eigenvalue weighted by Gasteiger charge is -2.23. The minimum absolute atomic E-state index is 0.384. The van der Waals surface area contributed by atoms with Crippen LogP contribution in [0.2, 0.25) is 0 Å². The molecule has 0 saturated carbocycles. The summed E-state index contributed by atoms with van der Waals surface area (Å²) in [6.07, 6.45) is 24.3. The highest BCUT2D eigenvalue weighted by Gasteiger charge is 2.19. The minimum atomic E-state index is -0.384. The van der Waals surface area contributed by atoms with Crippen LogP contribution in [0.15, 0.2) is 17.1 Å². The molecule has 26 heavy (non-hydrogen) atoms. The Hall–Kier alpha value is -0.830. The third-order valence-electron chi connectivity index (χ3n) is 5.33. The topological polar surface area (TPSA) is 35.8 Å². The average molecular weight is 365 g/mol. The van der Waals surface area contributed by atoms with E-state index < -0.39 is 0 Å². The third-order valence-corrected chi connectivity index (χ3v) is 5.33. The maximum Gasteiger partial charge on any atom is 0.125 e. The van der Waals surface area contributed by atoms with Gasteiger partial charge >= 0.3 is 0 Å². The van der Waals surface area contributed by atoms with Gasteiger partial charge < -0.3 is 10.0 Å². The fraction of sp³-hybridized carbons (Fsp3) is 0.870. The molecule has 1 heterocycles. The molecular weight excluding hydrogens is 320 g/mol. The number of rotatable bonds is 17. The molecular formula is C23H44N2O. The fourth-order valence-corrected chi connectivity index (χ4v) is 3.66. The first kappa shape index (κ1) is 23.2. The van der Waals surface area contributed by atoms with E-state index in [2.05, 4.69) is 24.1 Å². The van der Waals surface area contributed by atoms with Gasteiger partial charge in [0.05, 0.1) is 6.54 Å². The number of nitrogens with zero attached hydrogens (tertiary/aromatic N) is 2. The second-order valence-corrected chi connectivity index (χ2v) is 7.81. The number of allylic oxidation sites excluding steroid dienone is 2. The molecule has 1 aliphatic rings. The number of aliphatic imine (C=N–C) groups is 1. The van der Waals surface area contributed by atoms with Gasteiger partial charge in [-0.15, -0.1) is 0 Å². The maximum atomic E-state index is 9.70. The van der Waals surface area contributed by atoms with Gasteiger partial charge in [-0.2, -0.15) is 0 Å². The number of hydrogen-bond donors (Lipinski definition) is 1. The minimum Gasteiger partial charge on any atom is -0.374 e. The largest absolute Gasteiger partial charge is 0.374 e. The van der Waals surface area contributed by atoms with Crippen molar-refractivity contribution in [2.45, 2.75) is 116 Å². The van der Waals surface area contributed by atoms with Crippen LogP contribution in [0.3, 0.4) is 0 Å². The number of hydrogen-bond acceptors (Lipinski definition) is 3. The molecule has 3 heteroatoms. The lowest BCUT2D eigenvalue weighted by Crippen LogP contribution is -2.35. The van der Waals surface area contributed by atoms with E-state index in [4.69, 9.17) is 0 Å². The van der Waals surface area contributed by atoms with Gasteiger partial charge in [-0.05, 0) is 39.0 Å². The molecule has 0 fully saturated rings. The molecule has 1 N–H and O–H groups in total. The normalized spacial score (nSPS) is 15.8. The second-order valence-electron chi connectivity index (χ2n) is 7.81. The summed E-state index contributed by atoms with van der Waals surface area (Å²) in [5, 5.41) is 9.70. The van der Waals surface area contributed by atoms with E-state index in [0.29, 0.717) is 0 Å². The third kappa shape index (κ3) is 11.7. The van der Waals surface area contributed by atoms with E-state index in [0.717, 1.165) is 25.3 Å². The molecule has 1 aliphatic heterocycles. The summed E-state index contributed by atoms with van der Waals surface area (Å²) >= 11 is 0. The van der Waals surface area contributed by atoms with Crippen molar-refractivity contribution in [1.29, 1.82) is 0 Å². The van der Waals surface area contributed by atoms with E-state index in [1.54, 1.807) is 0 Å². The Morgan fingerprint density at radius 2 is 1.42 bits per heavy atom. The molecule has 0 saturated heterocycles. The zero-order valence-electron chi connectivity index (χ0n) is 17.6. The highest BCUT2D eigenvalue weighted by Crippen LogP contribution is 2.14. The molecule has 0 spiro atoms. The quantitative estimate of drug-likeness (QED) is 0.237. The molecule has 0 bridgehead atoms. The number of amidine groups is 1. The monoisotopic (exact) mass is 364 g/mol. The van der Waals surface area contributed by atoms with Crippen molar-refractivity contribution in [3.8, 4) is 0 Å². The van der Waals surface area contributed by atoms with E-state index >= 15 is 0 Å². The van der Waals surface area contributed by atoms with Crippen LogP contribution in [0.4, 0.5) is 0 Å². The predicted octanol–water partition coefficient (Wildman–Crippen LogP) is 6.47. The highest BCUT2D eigenvalue weighted by atomic mass is 16.3. The van der Waals surface area contributed by atoms with Gasteiger partial charge in [0.1, 0.15) is 12.1 Å². The summed E-state index contributed by atoms with van der Waals surface area (Å²) in [6, 6.07) is 0. The van der Waals surface area contributed by atoms with Crippen molar-refractivity contribution >= 4 is 5.84 Å². The molecule has 152 valence electrons. The van der Waals surface area contributed by atoms with Crippen LogP contribution in [0.5, 0.6) is 0 Å². The Morgan fingerprint density at radius 1 is 0.885 bits per heavy atom. The second kappa shape index (κ2) is 16.4. The van der Waals surface area contributed by atoms with E-state index in [-0.39, 0.29) is 6.23 Å².